The maximum atomic E-state index is 8.49. The second-order valence-electron chi connectivity index (χ2n) is 4.90. The Morgan fingerprint density at radius 1 is 1.10 bits per heavy atom. The van der Waals surface area contributed by atoms with Crippen LogP contribution in [0.3, 0.4) is 0 Å². The van der Waals surface area contributed by atoms with Crippen LogP contribution in [0.2, 0.25) is 0 Å². The molecule has 1 aromatic heterocycles. The highest BCUT2D eigenvalue weighted by Crippen LogP contribution is 2.27. The zero-order valence-electron chi connectivity index (χ0n) is 12.1. The number of anilines is 1. The van der Waals surface area contributed by atoms with Crippen molar-refractivity contribution in [3.8, 4) is 17.2 Å². The smallest absolute Gasteiger partial charge is 0.222 e. The van der Waals surface area contributed by atoms with Crippen LogP contribution in [0, 0.1) is 32.1 Å². The first-order valence-corrected chi connectivity index (χ1v) is 6.63. The molecular weight excluding hydrogens is 248 g/mol. The normalized spacial score (nSPS) is 10.1. The molecular formula is C16H18N4. The lowest BCUT2D eigenvalue weighted by Crippen LogP contribution is -2.04. The van der Waals surface area contributed by atoms with Crippen molar-refractivity contribution in [2.24, 2.45) is 0 Å². The van der Waals surface area contributed by atoms with Gasteiger partial charge in [0.2, 0.25) is 5.95 Å². The van der Waals surface area contributed by atoms with Crippen LogP contribution in [0.1, 0.15) is 23.1 Å². The molecule has 0 aliphatic heterocycles. The van der Waals surface area contributed by atoms with E-state index >= 15 is 0 Å². The van der Waals surface area contributed by atoms with E-state index in [2.05, 4.69) is 54.3 Å². The number of nitrogens with one attached hydrogen (secondary N) is 1. The second-order valence-corrected chi connectivity index (χ2v) is 4.90. The molecule has 0 atom stereocenters. The lowest BCUT2D eigenvalue weighted by molar-refractivity contribution is 1.02. The molecule has 4 nitrogen and oxygen atoms in total. The minimum Gasteiger partial charge on any atom is -0.353 e. The molecule has 4 heteroatoms. The van der Waals surface area contributed by atoms with Crippen molar-refractivity contribution in [3.63, 3.8) is 0 Å². The van der Waals surface area contributed by atoms with Gasteiger partial charge in [0, 0.05) is 24.5 Å². The van der Waals surface area contributed by atoms with Gasteiger partial charge in [0.05, 0.1) is 12.5 Å². The van der Waals surface area contributed by atoms with Gasteiger partial charge in [0.25, 0.3) is 0 Å². The van der Waals surface area contributed by atoms with Gasteiger partial charge >= 0.3 is 0 Å². The SMILES string of the molecule is Cc1cc(C)c(-c2cnc(NCCC#N)nc2)c(C)c1. The molecule has 1 aromatic carbocycles. The van der Waals surface area contributed by atoms with Crippen LogP contribution in [0.25, 0.3) is 11.1 Å². The van der Waals surface area contributed by atoms with Gasteiger partial charge in [-0.15, -0.1) is 0 Å². The van der Waals surface area contributed by atoms with Crippen molar-refractivity contribution in [3.05, 3.63) is 41.2 Å². The molecule has 0 amide bonds. The van der Waals surface area contributed by atoms with E-state index in [9.17, 15) is 0 Å². The van der Waals surface area contributed by atoms with Gasteiger partial charge in [-0.25, -0.2) is 9.97 Å². The largest absolute Gasteiger partial charge is 0.353 e. The molecule has 0 bridgehead atoms. The number of aryl methyl sites for hydroxylation is 3. The third-order valence-corrected chi connectivity index (χ3v) is 3.14. The van der Waals surface area contributed by atoms with E-state index in [1.54, 1.807) is 0 Å². The Morgan fingerprint density at radius 3 is 2.25 bits per heavy atom. The Hall–Kier alpha value is -2.41. The highest BCUT2D eigenvalue weighted by Gasteiger charge is 2.07. The fourth-order valence-corrected chi connectivity index (χ4v) is 2.41. The van der Waals surface area contributed by atoms with Gasteiger partial charge in [0.1, 0.15) is 0 Å². The van der Waals surface area contributed by atoms with E-state index in [0.717, 1.165) is 5.56 Å². The van der Waals surface area contributed by atoms with E-state index in [4.69, 9.17) is 5.26 Å². The Bertz CT molecular complexity index is 616. The second kappa shape index (κ2) is 6.16. The molecule has 0 aliphatic carbocycles. The first-order chi connectivity index (χ1) is 9.61. The summed E-state index contributed by atoms with van der Waals surface area (Å²) in [6.45, 7) is 6.88. The van der Waals surface area contributed by atoms with Crippen LogP contribution in [0.15, 0.2) is 24.5 Å². The van der Waals surface area contributed by atoms with Crippen molar-refractivity contribution < 1.29 is 0 Å². The summed E-state index contributed by atoms with van der Waals surface area (Å²) < 4.78 is 0. The first-order valence-electron chi connectivity index (χ1n) is 6.63. The van der Waals surface area contributed by atoms with Crippen LogP contribution < -0.4 is 5.32 Å². The fraction of sp³-hybridized carbons (Fsp3) is 0.312. The van der Waals surface area contributed by atoms with E-state index in [1.807, 2.05) is 12.4 Å². The Morgan fingerprint density at radius 2 is 1.70 bits per heavy atom. The number of nitriles is 1. The number of aromatic nitrogens is 2. The van der Waals surface area contributed by atoms with Crippen molar-refractivity contribution in [1.82, 2.24) is 9.97 Å². The molecule has 0 radical (unpaired) electrons. The lowest BCUT2D eigenvalue weighted by atomic mass is 9.96. The highest BCUT2D eigenvalue weighted by molar-refractivity contribution is 5.70. The molecule has 1 heterocycles. The van der Waals surface area contributed by atoms with Gasteiger partial charge in [-0.2, -0.15) is 5.26 Å². The predicted molar refractivity (Wildman–Crippen MR) is 80.4 cm³/mol. The zero-order valence-corrected chi connectivity index (χ0v) is 12.1. The molecule has 0 saturated heterocycles. The summed E-state index contributed by atoms with van der Waals surface area (Å²) >= 11 is 0. The van der Waals surface area contributed by atoms with Crippen LogP contribution >= 0.6 is 0 Å². The van der Waals surface area contributed by atoms with Crippen LogP contribution in [0.4, 0.5) is 5.95 Å². The summed E-state index contributed by atoms with van der Waals surface area (Å²) in [7, 11) is 0. The van der Waals surface area contributed by atoms with E-state index in [-0.39, 0.29) is 0 Å². The van der Waals surface area contributed by atoms with Crippen molar-refractivity contribution >= 4 is 5.95 Å². The van der Waals surface area contributed by atoms with E-state index in [0.29, 0.717) is 18.9 Å². The van der Waals surface area contributed by atoms with Gasteiger partial charge in [-0.1, -0.05) is 17.7 Å². The number of hydrogen-bond donors (Lipinski definition) is 1. The Labute approximate surface area is 119 Å². The Balaban J connectivity index is 2.25. The van der Waals surface area contributed by atoms with Gasteiger partial charge < -0.3 is 5.32 Å². The minimum atomic E-state index is 0.446. The number of nitrogens with zero attached hydrogens (tertiary/aromatic N) is 3. The van der Waals surface area contributed by atoms with E-state index in [1.165, 1.54) is 22.3 Å². The van der Waals surface area contributed by atoms with Crippen LogP contribution in [-0.4, -0.2) is 16.5 Å². The maximum Gasteiger partial charge on any atom is 0.222 e. The fourth-order valence-electron chi connectivity index (χ4n) is 2.41. The highest BCUT2D eigenvalue weighted by atomic mass is 15.1. The third-order valence-electron chi connectivity index (χ3n) is 3.14. The molecule has 0 aliphatic rings. The monoisotopic (exact) mass is 266 g/mol. The summed E-state index contributed by atoms with van der Waals surface area (Å²) in [5.74, 6) is 0.561. The molecule has 2 aromatic rings. The number of benzene rings is 1. The topological polar surface area (TPSA) is 61.6 Å². The van der Waals surface area contributed by atoms with Gasteiger partial charge in [-0.3, -0.25) is 0 Å². The third kappa shape index (κ3) is 3.12. The van der Waals surface area contributed by atoms with Crippen molar-refractivity contribution in [1.29, 1.82) is 5.26 Å². The lowest BCUT2D eigenvalue weighted by Gasteiger charge is -2.11. The zero-order chi connectivity index (χ0) is 14.5. The van der Waals surface area contributed by atoms with Gasteiger partial charge in [-0.05, 0) is 37.5 Å². The first kappa shape index (κ1) is 14.0. The van der Waals surface area contributed by atoms with E-state index < -0.39 is 0 Å². The number of hydrogen-bond acceptors (Lipinski definition) is 4. The average molecular weight is 266 g/mol. The predicted octanol–water partition coefficient (Wildman–Crippen LogP) is 3.39. The summed E-state index contributed by atoms with van der Waals surface area (Å²) in [5, 5.41) is 11.5. The average Bonchev–Trinajstić information content (AvgIpc) is 2.39. The van der Waals surface area contributed by atoms with Crippen molar-refractivity contribution in [2.45, 2.75) is 27.2 Å². The molecule has 0 fully saturated rings. The molecule has 0 spiro atoms. The molecule has 102 valence electrons. The maximum absolute atomic E-state index is 8.49. The van der Waals surface area contributed by atoms with Crippen LogP contribution in [0.5, 0.6) is 0 Å². The summed E-state index contributed by atoms with van der Waals surface area (Å²) in [5.41, 5.74) is 5.94. The molecule has 20 heavy (non-hydrogen) atoms. The van der Waals surface area contributed by atoms with Gasteiger partial charge in [0.15, 0.2) is 0 Å². The molecule has 1 N–H and O–H groups in total. The number of rotatable bonds is 4. The quantitative estimate of drug-likeness (QED) is 0.862. The Kier molecular flexibility index (Phi) is 4.31. The molecule has 0 unspecified atom stereocenters. The standard InChI is InChI=1S/C16H18N4/c1-11-7-12(2)15(13(3)8-11)14-9-19-16(20-10-14)18-6-4-5-17/h7-10H,4,6H2,1-3H3,(H,18,19,20). The van der Waals surface area contributed by atoms with Crippen molar-refractivity contribution in [2.75, 3.05) is 11.9 Å². The molecule has 2 rings (SSSR count). The van der Waals surface area contributed by atoms with Crippen LogP contribution in [-0.2, 0) is 0 Å². The summed E-state index contributed by atoms with van der Waals surface area (Å²) in [6, 6.07) is 6.41. The minimum absolute atomic E-state index is 0.446. The summed E-state index contributed by atoms with van der Waals surface area (Å²) in [4.78, 5) is 8.60. The molecule has 0 saturated carbocycles. The summed E-state index contributed by atoms with van der Waals surface area (Å²) in [6.07, 6.45) is 4.10.